The second-order valence-electron chi connectivity index (χ2n) is 3.01. The number of carbonyl (C=O) groups is 1. The van der Waals surface area contributed by atoms with E-state index >= 15 is 0 Å². The highest BCUT2D eigenvalue weighted by Crippen LogP contribution is 2.30. The summed E-state index contributed by atoms with van der Waals surface area (Å²) < 4.78 is 28.3. The number of benzene rings is 1. The van der Waals surface area contributed by atoms with E-state index in [0.29, 0.717) is 0 Å². The number of hydrogen-bond donors (Lipinski definition) is 1. The molecule has 88 valence electrons. The monoisotopic (exact) mass is 294 g/mol. The molecule has 0 spiro atoms. The van der Waals surface area contributed by atoms with Gasteiger partial charge < -0.3 is 9.84 Å². The highest BCUT2D eigenvalue weighted by atomic mass is 79.9. The van der Waals surface area contributed by atoms with Gasteiger partial charge in [0.05, 0.1) is 4.83 Å². The number of carbonyl (C=O) groups excluding carboxylic acids is 1. The minimum Gasteiger partial charge on any atom is -0.507 e. The van der Waals surface area contributed by atoms with Crippen molar-refractivity contribution < 1.29 is 23.4 Å². The van der Waals surface area contributed by atoms with Gasteiger partial charge in [-0.15, -0.1) is 0 Å². The summed E-state index contributed by atoms with van der Waals surface area (Å²) in [7, 11) is 0. The highest BCUT2D eigenvalue weighted by molar-refractivity contribution is 9.10. The van der Waals surface area contributed by atoms with Gasteiger partial charge in [-0.25, -0.2) is 0 Å². The van der Waals surface area contributed by atoms with Crippen molar-refractivity contribution in [2.75, 3.05) is 0 Å². The number of halogens is 3. The SMILES string of the molecule is CC(Br)C(=O)c1c(O)cccc1OC(F)F. The Balaban J connectivity index is 3.18. The molecule has 16 heavy (non-hydrogen) atoms. The molecule has 1 N–H and O–H groups in total. The summed E-state index contributed by atoms with van der Waals surface area (Å²) in [5.41, 5.74) is -0.243. The number of ketones is 1. The van der Waals surface area contributed by atoms with Gasteiger partial charge in [-0.3, -0.25) is 4.79 Å². The van der Waals surface area contributed by atoms with Gasteiger partial charge in [0, 0.05) is 0 Å². The topological polar surface area (TPSA) is 46.5 Å². The largest absolute Gasteiger partial charge is 0.507 e. The number of aromatic hydroxyl groups is 1. The summed E-state index contributed by atoms with van der Waals surface area (Å²) in [6, 6.07) is 3.76. The summed E-state index contributed by atoms with van der Waals surface area (Å²) in [6.07, 6.45) is 0. The maximum atomic E-state index is 12.1. The molecular weight excluding hydrogens is 286 g/mol. The zero-order chi connectivity index (χ0) is 12.3. The van der Waals surface area contributed by atoms with Crippen molar-refractivity contribution in [1.29, 1.82) is 0 Å². The maximum absolute atomic E-state index is 12.1. The Kier molecular flexibility index (Phi) is 4.23. The predicted octanol–water partition coefficient (Wildman–Crippen LogP) is 2.96. The van der Waals surface area contributed by atoms with Crippen LogP contribution in [-0.2, 0) is 0 Å². The summed E-state index contributed by atoms with van der Waals surface area (Å²) in [6.45, 7) is -1.51. The normalized spacial score (nSPS) is 12.6. The molecule has 0 saturated heterocycles. The van der Waals surface area contributed by atoms with Gasteiger partial charge in [-0.1, -0.05) is 22.0 Å². The lowest BCUT2D eigenvalue weighted by atomic mass is 10.1. The lowest BCUT2D eigenvalue weighted by Crippen LogP contribution is -2.14. The molecule has 0 heterocycles. The molecule has 0 aromatic heterocycles. The fraction of sp³-hybridized carbons (Fsp3) is 0.300. The van der Waals surface area contributed by atoms with Gasteiger partial charge in [-0.2, -0.15) is 8.78 Å². The summed E-state index contributed by atoms with van der Waals surface area (Å²) >= 11 is 3.01. The third kappa shape index (κ3) is 2.91. The molecule has 0 amide bonds. The Hall–Kier alpha value is -1.17. The number of Topliss-reactive ketones (excluding diaryl/α,β-unsaturated/α-hetero) is 1. The van der Waals surface area contributed by atoms with E-state index in [1.807, 2.05) is 0 Å². The van der Waals surface area contributed by atoms with E-state index in [-0.39, 0.29) is 17.1 Å². The Morgan fingerprint density at radius 3 is 2.62 bits per heavy atom. The van der Waals surface area contributed by atoms with Crippen molar-refractivity contribution in [3.05, 3.63) is 23.8 Å². The third-order valence-electron chi connectivity index (χ3n) is 1.83. The van der Waals surface area contributed by atoms with Crippen LogP contribution in [0.5, 0.6) is 11.5 Å². The van der Waals surface area contributed by atoms with Gasteiger partial charge >= 0.3 is 6.61 Å². The number of hydrogen-bond acceptors (Lipinski definition) is 3. The molecule has 0 aliphatic heterocycles. The molecule has 0 bridgehead atoms. The van der Waals surface area contributed by atoms with Crippen LogP contribution in [0.15, 0.2) is 18.2 Å². The molecule has 0 aliphatic rings. The lowest BCUT2D eigenvalue weighted by Gasteiger charge is -2.12. The van der Waals surface area contributed by atoms with Crippen molar-refractivity contribution in [3.63, 3.8) is 0 Å². The smallest absolute Gasteiger partial charge is 0.387 e. The summed E-state index contributed by atoms with van der Waals surface area (Å²) in [5, 5.41) is 9.46. The van der Waals surface area contributed by atoms with Crippen molar-refractivity contribution in [1.82, 2.24) is 0 Å². The number of phenolic OH excluding ortho intramolecular Hbond substituents is 1. The standard InChI is InChI=1S/C10H9BrF2O3/c1-5(11)9(15)8-6(14)3-2-4-7(8)16-10(12)13/h2-5,10,14H,1H3. The van der Waals surface area contributed by atoms with Gasteiger partial charge in [-0.05, 0) is 19.1 Å². The molecule has 3 nitrogen and oxygen atoms in total. The maximum Gasteiger partial charge on any atom is 0.387 e. The van der Waals surface area contributed by atoms with Crippen LogP contribution < -0.4 is 4.74 Å². The fourth-order valence-corrected chi connectivity index (χ4v) is 1.39. The third-order valence-corrected chi connectivity index (χ3v) is 2.24. The highest BCUT2D eigenvalue weighted by Gasteiger charge is 2.22. The first kappa shape index (κ1) is 12.9. The number of rotatable bonds is 4. The van der Waals surface area contributed by atoms with Crippen LogP contribution >= 0.6 is 15.9 Å². The Bertz CT molecular complexity index is 394. The van der Waals surface area contributed by atoms with Crippen LogP contribution in [0.3, 0.4) is 0 Å². The minimum absolute atomic E-state index is 0.243. The molecule has 1 unspecified atom stereocenters. The van der Waals surface area contributed by atoms with Crippen LogP contribution in [0.2, 0.25) is 0 Å². The minimum atomic E-state index is -3.04. The molecule has 0 fully saturated rings. The van der Waals surface area contributed by atoms with Gasteiger partial charge in [0.2, 0.25) is 0 Å². The molecule has 0 saturated carbocycles. The van der Waals surface area contributed by atoms with Crippen molar-refractivity contribution in [2.45, 2.75) is 18.4 Å². The van der Waals surface area contributed by atoms with Crippen molar-refractivity contribution in [3.8, 4) is 11.5 Å². The zero-order valence-electron chi connectivity index (χ0n) is 8.28. The van der Waals surface area contributed by atoms with E-state index in [4.69, 9.17) is 0 Å². The molecule has 1 aromatic rings. The lowest BCUT2D eigenvalue weighted by molar-refractivity contribution is -0.0502. The molecule has 6 heteroatoms. The quantitative estimate of drug-likeness (QED) is 0.686. The van der Waals surface area contributed by atoms with Crippen LogP contribution in [0.1, 0.15) is 17.3 Å². The molecule has 1 atom stereocenters. The van der Waals surface area contributed by atoms with E-state index < -0.39 is 17.2 Å². The Morgan fingerprint density at radius 2 is 2.12 bits per heavy atom. The second-order valence-corrected chi connectivity index (χ2v) is 4.38. The van der Waals surface area contributed by atoms with Crippen LogP contribution in [0, 0.1) is 0 Å². The first-order valence-corrected chi connectivity index (χ1v) is 5.30. The Morgan fingerprint density at radius 1 is 1.50 bits per heavy atom. The van der Waals surface area contributed by atoms with E-state index in [9.17, 15) is 18.7 Å². The molecule has 0 radical (unpaired) electrons. The molecule has 1 rings (SSSR count). The fourth-order valence-electron chi connectivity index (χ4n) is 1.16. The first-order chi connectivity index (χ1) is 7.43. The number of phenols is 1. The van der Waals surface area contributed by atoms with Gasteiger partial charge in [0.1, 0.15) is 17.1 Å². The van der Waals surface area contributed by atoms with Gasteiger partial charge in [0.15, 0.2) is 5.78 Å². The number of alkyl halides is 3. The van der Waals surface area contributed by atoms with Crippen LogP contribution in [0.4, 0.5) is 8.78 Å². The van der Waals surface area contributed by atoms with Crippen molar-refractivity contribution in [2.24, 2.45) is 0 Å². The van der Waals surface area contributed by atoms with Gasteiger partial charge in [0.25, 0.3) is 0 Å². The Labute approximate surface area is 99.2 Å². The average Bonchev–Trinajstić information content (AvgIpc) is 2.16. The van der Waals surface area contributed by atoms with Crippen LogP contribution in [-0.4, -0.2) is 22.3 Å². The number of ether oxygens (including phenoxy) is 1. The van der Waals surface area contributed by atoms with Crippen LogP contribution in [0.25, 0.3) is 0 Å². The summed E-state index contributed by atoms with van der Waals surface area (Å²) in [5.74, 6) is -1.23. The molecule has 0 aliphatic carbocycles. The zero-order valence-corrected chi connectivity index (χ0v) is 9.87. The van der Waals surface area contributed by atoms with Crippen molar-refractivity contribution >= 4 is 21.7 Å². The summed E-state index contributed by atoms with van der Waals surface area (Å²) in [4.78, 5) is 11.0. The van der Waals surface area contributed by atoms with E-state index in [1.54, 1.807) is 0 Å². The second kappa shape index (κ2) is 5.25. The van der Waals surface area contributed by atoms with E-state index in [2.05, 4.69) is 20.7 Å². The van der Waals surface area contributed by atoms with E-state index in [1.165, 1.54) is 25.1 Å². The average molecular weight is 295 g/mol. The first-order valence-electron chi connectivity index (χ1n) is 4.38. The van der Waals surface area contributed by atoms with E-state index in [0.717, 1.165) is 0 Å². The molecule has 1 aromatic carbocycles. The predicted molar refractivity (Wildman–Crippen MR) is 57.5 cm³/mol. The molecular formula is C10H9BrF2O3.